The summed E-state index contributed by atoms with van der Waals surface area (Å²) in [7, 11) is -2.38. The zero-order valence-electron chi connectivity index (χ0n) is 19.5. The summed E-state index contributed by atoms with van der Waals surface area (Å²) in [6, 6.07) is 18.7. The van der Waals surface area contributed by atoms with Crippen molar-refractivity contribution in [2.75, 3.05) is 23.8 Å². The topological polar surface area (TPSA) is 118 Å². The number of ether oxygens (including phenoxy) is 2. The second-order valence-corrected chi connectivity index (χ2v) is 9.29. The molecule has 0 spiro atoms. The third kappa shape index (κ3) is 6.85. The highest BCUT2D eigenvalue weighted by Crippen LogP contribution is 2.28. The van der Waals surface area contributed by atoms with E-state index >= 15 is 0 Å². The number of benzene rings is 3. The zero-order valence-corrected chi connectivity index (χ0v) is 20.3. The van der Waals surface area contributed by atoms with Crippen LogP contribution in [0, 0.1) is 25.2 Å². The minimum atomic E-state index is -3.86. The van der Waals surface area contributed by atoms with Gasteiger partial charge in [0, 0.05) is 17.5 Å². The smallest absolute Gasteiger partial charge is 0.262 e. The maximum atomic E-state index is 13.0. The van der Waals surface area contributed by atoms with Crippen LogP contribution in [0.5, 0.6) is 11.5 Å². The lowest BCUT2D eigenvalue weighted by Crippen LogP contribution is -2.15. The van der Waals surface area contributed by atoms with Gasteiger partial charge in [0.05, 0.1) is 12.0 Å². The van der Waals surface area contributed by atoms with Crippen LogP contribution in [-0.4, -0.2) is 28.0 Å². The number of sulfonamides is 1. The van der Waals surface area contributed by atoms with Crippen LogP contribution >= 0.6 is 0 Å². The average Bonchev–Trinajstić information content (AvgIpc) is 2.82. The Kier molecular flexibility index (Phi) is 8.12. The predicted octanol–water partition coefficient (Wildman–Crippen LogP) is 4.67. The van der Waals surface area contributed by atoms with E-state index in [4.69, 9.17) is 14.7 Å². The molecule has 0 bridgehead atoms. The zero-order chi connectivity index (χ0) is 25.4. The Hall–Kier alpha value is -4.29. The third-order valence-corrected chi connectivity index (χ3v) is 6.45. The number of rotatable bonds is 9. The predicted molar refractivity (Wildman–Crippen MR) is 135 cm³/mol. The fourth-order valence-electron chi connectivity index (χ4n) is 3.26. The molecule has 0 unspecified atom stereocenters. The number of hydrogen-bond acceptors (Lipinski definition) is 6. The van der Waals surface area contributed by atoms with Gasteiger partial charge in [-0.3, -0.25) is 9.52 Å². The minimum absolute atomic E-state index is 0.0680. The molecule has 180 valence electrons. The summed E-state index contributed by atoms with van der Waals surface area (Å²) in [6.45, 7) is 3.45. The molecule has 0 heterocycles. The van der Waals surface area contributed by atoms with Crippen molar-refractivity contribution in [1.82, 2.24) is 0 Å². The number of aryl methyl sites for hydroxylation is 2. The highest BCUT2D eigenvalue weighted by atomic mass is 32.2. The first-order valence-corrected chi connectivity index (χ1v) is 12.1. The number of anilines is 2. The van der Waals surface area contributed by atoms with Crippen LogP contribution in [0.15, 0.2) is 71.6 Å². The van der Waals surface area contributed by atoms with Gasteiger partial charge in [-0.25, -0.2) is 8.42 Å². The molecule has 0 aliphatic carbocycles. The molecule has 0 saturated heterocycles. The van der Waals surface area contributed by atoms with Crippen molar-refractivity contribution in [2.24, 2.45) is 0 Å². The lowest BCUT2D eigenvalue weighted by molar-refractivity contribution is -0.111. The summed E-state index contributed by atoms with van der Waals surface area (Å²) in [4.78, 5) is 12.5. The SMILES string of the molecule is COc1cc(/C=C/C(=O)Nc2ccc(C)c(S(=O)(=O)Nc3cccc(C)c3)c2)ccc1OCC#N. The molecule has 0 aliphatic rings. The van der Waals surface area contributed by atoms with Crippen molar-refractivity contribution in [3.63, 3.8) is 0 Å². The Bertz CT molecular complexity index is 1410. The van der Waals surface area contributed by atoms with Crippen LogP contribution in [0.3, 0.4) is 0 Å². The van der Waals surface area contributed by atoms with Crippen LogP contribution in [0.4, 0.5) is 11.4 Å². The molecule has 0 atom stereocenters. The largest absolute Gasteiger partial charge is 0.493 e. The number of carbonyl (C=O) groups excluding carboxylic acids is 1. The van der Waals surface area contributed by atoms with E-state index in [2.05, 4.69) is 10.0 Å². The van der Waals surface area contributed by atoms with Gasteiger partial charge < -0.3 is 14.8 Å². The monoisotopic (exact) mass is 491 g/mol. The van der Waals surface area contributed by atoms with Gasteiger partial charge in [-0.1, -0.05) is 24.3 Å². The van der Waals surface area contributed by atoms with E-state index in [-0.39, 0.29) is 11.5 Å². The number of nitrogens with zero attached hydrogens (tertiary/aromatic N) is 1. The number of amides is 1. The number of carbonyl (C=O) groups is 1. The van der Waals surface area contributed by atoms with E-state index in [0.29, 0.717) is 34.0 Å². The van der Waals surface area contributed by atoms with E-state index < -0.39 is 15.9 Å². The first-order valence-electron chi connectivity index (χ1n) is 10.6. The fourth-order valence-corrected chi connectivity index (χ4v) is 4.58. The molecule has 35 heavy (non-hydrogen) atoms. The van der Waals surface area contributed by atoms with E-state index in [1.165, 1.54) is 19.3 Å². The molecule has 3 aromatic rings. The molecule has 3 rings (SSSR count). The molecule has 8 nitrogen and oxygen atoms in total. The van der Waals surface area contributed by atoms with Crippen molar-refractivity contribution in [1.29, 1.82) is 5.26 Å². The van der Waals surface area contributed by atoms with E-state index in [0.717, 1.165) is 5.56 Å². The van der Waals surface area contributed by atoms with Gasteiger partial charge in [0.1, 0.15) is 6.07 Å². The first-order chi connectivity index (χ1) is 16.7. The Balaban J connectivity index is 1.74. The standard InChI is InChI=1S/C26H25N3O5S/c1-18-5-4-6-22(15-18)29-35(31,32)25-17-21(10-7-19(25)2)28-26(30)12-9-20-8-11-23(34-14-13-27)24(16-20)33-3/h4-12,15-17,29H,14H2,1-3H3,(H,28,30)/b12-9+. The highest BCUT2D eigenvalue weighted by molar-refractivity contribution is 7.92. The van der Waals surface area contributed by atoms with Gasteiger partial charge in [0.25, 0.3) is 10.0 Å². The lowest BCUT2D eigenvalue weighted by atomic mass is 10.2. The Morgan fingerprint density at radius 1 is 1.03 bits per heavy atom. The molecule has 9 heteroatoms. The number of methoxy groups -OCH3 is 1. The number of nitrogens with one attached hydrogen (secondary N) is 2. The quantitative estimate of drug-likeness (QED) is 0.420. The average molecular weight is 492 g/mol. The third-order valence-electron chi connectivity index (χ3n) is 4.92. The molecule has 3 aromatic carbocycles. The van der Waals surface area contributed by atoms with Gasteiger partial charge in [-0.05, 0) is 73.0 Å². The minimum Gasteiger partial charge on any atom is -0.493 e. The molecule has 0 saturated carbocycles. The molecule has 1 amide bonds. The summed E-state index contributed by atoms with van der Waals surface area (Å²) in [5.41, 5.74) is 2.95. The molecule has 0 radical (unpaired) electrons. The molecular formula is C26H25N3O5S. The molecule has 0 aromatic heterocycles. The summed E-state index contributed by atoms with van der Waals surface area (Å²) in [6.07, 6.45) is 2.90. The van der Waals surface area contributed by atoms with Crippen molar-refractivity contribution >= 4 is 33.4 Å². The van der Waals surface area contributed by atoms with Gasteiger partial charge >= 0.3 is 0 Å². The van der Waals surface area contributed by atoms with E-state index in [1.807, 2.05) is 19.1 Å². The Morgan fingerprint density at radius 2 is 1.83 bits per heavy atom. The molecule has 2 N–H and O–H groups in total. The molecule has 0 aliphatic heterocycles. The van der Waals surface area contributed by atoms with Crippen LogP contribution in [-0.2, 0) is 14.8 Å². The van der Waals surface area contributed by atoms with Gasteiger partial charge in [-0.15, -0.1) is 0 Å². The van der Waals surface area contributed by atoms with Crippen LogP contribution < -0.4 is 19.5 Å². The highest BCUT2D eigenvalue weighted by Gasteiger charge is 2.18. The van der Waals surface area contributed by atoms with Crippen molar-refractivity contribution in [3.8, 4) is 17.6 Å². The van der Waals surface area contributed by atoms with Crippen molar-refractivity contribution in [3.05, 3.63) is 83.4 Å². The summed E-state index contributed by atoms with van der Waals surface area (Å²) >= 11 is 0. The maximum absolute atomic E-state index is 13.0. The van der Waals surface area contributed by atoms with Gasteiger partial charge in [-0.2, -0.15) is 5.26 Å². The van der Waals surface area contributed by atoms with Gasteiger partial charge in [0.15, 0.2) is 18.1 Å². The number of hydrogen-bond donors (Lipinski definition) is 2. The molecule has 0 fully saturated rings. The van der Waals surface area contributed by atoms with E-state index in [1.54, 1.807) is 61.5 Å². The van der Waals surface area contributed by atoms with Crippen LogP contribution in [0.25, 0.3) is 6.08 Å². The second-order valence-electron chi connectivity index (χ2n) is 7.63. The van der Waals surface area contributed by atoms with Gasteiger partial charge in [0.2, 0.25) is 5.91 Å². The lowest BCUT2D eigenvalue weighted by Gasteiger charge is -2.13. The number of nitriles is 1. The summed E-state index contributed by atoms with van der Waals surface area (Å²) in [5, 5.41) is 11.3. The fraction of sp³-hybridized carbons (Fsp3) is 0.154. The van der Waals surface area contributed by atoms with E-state index in [9.17, 15) is 13.2 Å². The Morgan fingerprint density at radius 3 is 2.54 bits per heavy atom. The second kappa shape index (κ2) is 11.2. The van der Waals surface area contributed by atoms with Crippen LogP contribution in [0.1, 0.15) is 16.7 Å². The normalized spacial score (nSPS) is 11.0. The molecular weight excluding hydrogens is 466 g/mol. The van der Waals surface area contributed by atoms with Crippen molar-refractivity contribution in [2.45, 2.75) is 18.7 Å². The first kappa shape index (κ1) is 25.3. The van der Waals surface area contributed by atoms with Crippen LogP contribution in [0.2, 0.25) is 0 Å². The summed E-state index contributed by atoms with van der Waals surface area (Å²) in [5.74, 6) is 0.410. The maximum Gasteiger partial charge on any atom is 0.262 e. The van der Waals surface area contributed by atoms with Crippen molar-refractivity contribution < 1.29 is 22.7 Å². The Labute approximate surface area is 204 Å². The summed E-state index contributed by atoms with van der Waals surface area (Å²) < 4.78 is 39.0.